The monoisotopic (exact) mass is 421 g/mol. The van der Waals surface area contributed by atoms with E-state index in [-0.39, 0.29) is 6.04 Å². The van der Waals surface area contributed by atoms with Crippen LogP contribution in [0.1, 0.15) is 51.4 Å². The number of benzene rings is 2. The Kier molecular flexibility index (Phi) is 6.44. The van der Waals surface area contributed by atoms with Gasteiger partial charge in [-0.15, -0.1) is 0 Å². The van der Waals surface area contributed by atoms with Gasteiger partial charge in [0.25, 0.3) is 0 Å². The van der Waals surface area contributed by atoms with E-state index in [9.17, 15) is 4.79 Å². The molecule has 31 heavy (non-hydrogen) atoms. The van der Waals surface area contributed by atoms with Gasteiger partial charge in [-0.05, 0) is 61.9 Å². The lowest BCUT2D eigenvalue weighted by Crippen LogP contribution is -2.28. The molecule has 1 N–H and O–H groups in total. The third kappa shape index (κ3) is 5.57. The van der Waals surface area contributed by atoms with Crippen LogP contribution in [-0.4, -0.2) is 28.3 Å². The summed E-state index contributed by atoms with van der Waals surface area (Å²) in [5, 5.41) is 2.85. The second kappa shape index (κ2) is 9.41. The highest BCUT2D eigenvalue weighted by atomic mass is 16.6. The summed E-state index contributed by atoms with van der Waals surface area (Å²) in [4.78, 5) is 16.9. The van der Waals surface area contributed by atoms with Crippen molar-refractivity contribution >= 4 is 17.1 Å². The first-order chi connectivity index (χ1) is 15.0. The van der Waals surface area contributed by atoms with Gasteiger partial charge in [-0.1, -0.05) is 26.0 Å². The van der Waals surface area contributed by atoms with Gasteiger partial charge in [0.1, 0.15) is 17.3 Å². The molecule has 4 rings (SSSR count). The molecule has 0 spiro atoms. The van der Waals surface area contributed by atoms with Crippen LogP contribution in [0.4, 0.5) is 4.79 Å². The molecule has 1 saturated carbocycles. The lowest BCUT2D eigenvalue weighted by molar-refractivity contribution is 0.200. The maximum absolute atomic E-state index is 12.0. The van der Waals surface area contributed by atoms with Crippen LogP contribution in [0, 0.1) is 5.92 Å². The topological polar surface area (TPSA) is 65.4 Å². The molecule has 1 aromatic heterocycles. The average Bonchev–Trinajstić information content (AvgIpc) is 3.48. The predicted octanol–water partition coefficient (Wildman–Crippen LogP) is 5.32. The van der Waals surface area contributed by atoms with Crippen molar-refractivity contribution in [3.05, 3.63) is 53.9 Å². The summed E-state index contributed by atoms with van der Waals surface area (Å²) in [7, 11) is 0. The molecule has 0 saturated heterocycles. The van der Waals surface area contributed by atoms with E-state index in [1.54, 1.807) is 0 Å². The van der Waals surface area contributed by atoms with E-state index in [0.717, 1.165) is 54.8 Å². The van der Waals surface area contributed by atoms with Gasteiger partial charge in [0, 0.05) is 25.1 Å². The van der Waals surface area contributed by atoms with Crippen molar-refractivity contribution in [3.8, 4) is 11.5 Å². The first-order valence-corrected chi connectivity index (χ1v) is 11.2. The number of hydrogen-bond donors (Lipinski definition) is 1. The van der Waals surface area contributed by atoms with Crippen LogP contribution in [0.3, 0.4) is 0 Å². The lowest BCUT2D eigenvalue weighted by Gasteiger charge is -2.12. The normalized spacial score (nSPS) is 13.5. The SMILES string of the molecule is CCOc1ccc(Cc2nc3cc(OC(=O)NC4CC4)ccc3n2CCC(C)C)cc1. The van der Waals surface area contributed by atoms with E-state index >= 15 is 0 Å². The van der Waals surface area contributed by atoms with Crippen molar-refractivity contribution in [2.45, 2.75) is 59.0 Å². The maximum atomic E-state index is 12.0. The Labute approximate surface area is 183 Å². The number of aromatic nitrogens is 2. The number of fused-ring (bicyclic) bond motifs is 1. The first-order valence-electron chi connectivity index (χ1n) is 11.2. The zero-order valence-electron chi connectivity index (χ0n) is 18.6. The predicted molar refractivity (Wildman–Crippen MR) is 122 cm³/mol. The molecule has 1 aliphatic carbocycles. The summed E-state index contributed by atoms with van der Waals surface area (Å²) >= 11 is 0. The molecule has 164 valence electrons. The van der Waals surface area contributed by atoms with Crippen molar-refractivity contribution in [1.82, 2.24) is 14.9 Å². The molecule has 0 radical (unpaired) electrons. The summed E-state index contributed by atoms with van der Waals surface area (Å²) in [5.74, 6) is 3.02. The van der Waals surface area contributed by atoms with Crippen LogP contribution in [0.25, 0.3) is 11.0 Å². The number of nitrogens with zero attached hydrogens (tertiary/aromatic N) is 2. The van der Waals surface area contributed by atoms with Crippen molar-refractivity contribution in [3.63, 3.8) is 0 Å². The number of amides is 1. The van der Waals surface area contributed by atoms with Gasteiger partial charge in [0.2, 0.25) is 0 Å². The summed E-state index contributed by atoms with van der Waals surface area (Å²) in [5.41, 5.74) is 3.10. The molecule has 1 amide bonds. The van der Waals surface area contributed by atoms with Gasteiger partial charge in [-0.2, -0.15) is 0 Å². The largest absolute Gasteiger partial charge is 0.494 e. The Morgan fingerprint density at radius 2 is 1.90 bits per heavy atom. The average molecular weight is 422 g/mol. The minimum Gasteiger partial charge on any atom is -0.494 e. The van der Waals surface area contributed by atoms with Gasteiger partial charge >= 0.3 is 6.09 Å². The lowest BCUT2D eigenvalue weighted by atomic mass is 10.1. The van der Waals surface area contributed by atoms with E-state index in [1.807, 2.05) is 37.3 Å². The van der Waals surface area contributed by atoms with E-state index in [2.05, 4.69) is 35.9 Å². The molecule has 1 heterocycles. The Morgan fingerprint density at radius 3 is 2.58 bits per heavy atom. The van der Waals surface area contributed by atoms with E-state index < -0.39 is 6.09 Å². The molecule has 2 aromatic carbocycles. The van der Waals surface area contributed by atoms with Crippen molar-refractivity contribution in [2.75, 3.05) is 6.61 Å². The molecule has 1 fully saturated rings. The highest BCUT2D eigenvalue weighted by Gasteiger charge is 2.24. The molecule has 6 nitrogen and oxygen atoms in total. The van der Waals surface area contributed by atoms with Crippen LogP contribution in [0.15, 0.2) is 42.5 Å². The van der Waals surface area contributed by atoms with E-state index in [1.165, 1.54) is 5.56 Å². The highest BCUT2D eigenvalue weighted by Crippen LogP contribution is 2.26. The van der Waals surface area contributed by atoms with Crippen molar-refractivity contribution < 1.29 is 14.3 Å². The number of nitrogens with one attached hydrogen (secondary N) is 1. The molecule has 3 aromatic rings. The standard InChI is InChI=1S/C25H31N3O3/c1-4-30-20-9-5-18(6-10-20)15-24-27-22-16-21(31-25(29)26-19-7-8-19)11-12-23(22)28(24)14-13-17(2)3/h5-6,9-12,16-17,19H,4,7-8,13-15H2,1-3H3,(H,26,29). The highest BCUT2D eigenvalue weighted by molar-refractivity contribution is 5.79. The molecular formula is C25H31N3O3. The molecule has 0 atom stereocenters. The van der Waals surface area contributed by atoms with E-state index in [0.29, 0.717) is 18.3 Å². The minimum atomic E-state index is -0.393. The van der Waals surface area contributed by atoms with Crippen molar-refractivity contribution in [2.24, 2.45) is 5.92 Å². The van der Waals surface area contributed by atoms with Gasteiger partial charge in [-0.25, -0.2) is 9.78 Å². The Bertz CT molecular complexity index is 1040. The van der Waals surface area contributed by atoms with Gasteiger partial charge in [0.15, 0.2) is 0 Å². The quantitative estimate of drug-likeness (QED) is 0.508. The summed E-state index contributed by atoms with van der Waals surface area (Å²) in [6.07, 6.45) is 3.48. The number of aryl methyl sites for hydroxylation is 1. The fourth-order valence-electron chi connectivity index (χ4n) is 3.58. The number of imidazole rings is 1. The maximum Gasteiger partial charge on any atom is 0.412 e. The minimum absolute atomic E-state index is 0.271. The third-order valence-electron chi connectivity index (χ3n) is 5.44. The molecular weight excluding hydrogens is 390 g/mol. The number of hydrogen-bond acceptors (Lipinski definition) is 4. The zero-order valence-corrected chi connectivity index (χ0v) is 18.6. The number of ether oxygens (including phenoxy) is 2. The molecule has 0 bridgehead atoms. The summed E-state index contributed by atoms with van der Waals surface area (Å²) in [6.45, 7) is 8.01. The van der Waals surface area contributed by atoms with Crippen LogP contribution in [0.5, 0.6) is 11.5 Å². The number of carbonyl (C=O) groups is 1. The van der Waals surface area contributed by atoms with Crippen LogP contribution in [-0.2, 0) is 13.0 Å². The Morgan fingerprint density at radius 1 is 1.16 bits per heavy atom. The number of rotatable bonds is 9. The fraction of sp³-hybridized carbons (Fsp3) is 0.440. The fourth-order valence-corrected chi connectivity index (χ4v) is 3.58. The second-order valence-electron chi connectivity index (χ2n) is 8.57. The molecule has 0 aliphatic heterocycles. The first kappa shape index (κ1) is 21.2. The number of carbonyl (C=O) groups excluding carboxylic acids is 1. The Hall–Kier alpha value is -3.02. The summed E-state index contributed by atoms with van der Waals surface area (Å²) in [6, 6.07) is 14.2. The van der Waals surface area contributed by atoms with Crippen molar-refractivity contribution in [1.29, 1.82) is 0 Å². The van der Waals surface area contributed by atoms with Gasteiger partial charge in [0.05, 0.1) is 17.6 Å². The second-order valence-corrected chi connectivity index (χ2v) is 8.57. The molecule has 6 heteroatoms. The zero-order chi connectivity index (χ0) is 21.8. The molecule has 1 aliphatic rings. The van der Waals surface area contributed by atoms with Gasteiger partial charge < -0.3 is 19.4 Å². The van der Waals surface area contributed by atoms with Crippen LogP contribution in [0.2, 0.25) is 0 Å². The smallest absolute Gasteiger partial charge is 0.412 e. The van der Waals surface area contributed by atoms with E-state index in [4.69, 9.17) is 14.5 Å². The van der Waals surface area contributed by atoms with Crippen LogP contribution >= 0.6 is 0 Å². The van der Waals surface area contributed by atoms with Gasteiger partial charge in [-0.3, -0.25) is 0 Å². The Balaban J connectivity index is 1.58. The summed E-state index contributed by atoms with van der Waals surface area (Å²) < 4.78 is 13.3. The third-order valence-corrected chi connectivity index (χ3v) is 5.44. The molecule has 0 unspecified atom stereocenters. The van der Waals surface area contributed by atoms with Crippen LogP contribution < -0.4 is 14.8 Å².